The third-order valence-electron chi connectivity index (χ3n) is 3.30. The molecule has 3 nitrogen and oxygen atoms in total. The van der Waals surface area contributed by atoms with E-state index in [4.69, 9.17) is 0 Å². The molecule has 94 valence electrons. The molecule has 0 aromatic carbocycles. The Hall–Kier alpha value is -0.640. The second-order valence-corrected chi connectivity index (χ2v) is 5.53. The molecule has 0 aliphatic heterocycles. The van der Waals surface area contributed by atoms with Crippen LogP contribution in [0.4, 0.5) is 5.82 Å². The van der Waals surface area contributed by atoms with Crippen LogP contribution in [0.1, 0.15) is 56.5 Å². The van der Waals surface area contributed by atoms with Crippen molar-refractivity contribution in [2.24, 2.45) is 0 Å². The van der Waals surface area contributed by atoms with Crippen molar-refractivity contribution < 1.29 is 0 Å². The van der Waals surface area contributed by atoms with Gasteiger partial charge in [-0.25, -0.2) is 9.97 Å². The molecule has 1 heterocycles. The van der Waals surface area contributed by atoms with Crippen molar-refractivity contribution in [1.82, 2.24) is 9.97 Å². The third-order valence-corrected chi connectivity index (χ3v) is 4.25. The van der Waals surface area contributed by atoms with Crippen LogP contribution in [0.15, 0.2) is 4.47 Å². The molecule has 17 heavy (non-hydrogen) atoms. The van der Waals surface area contributed by atoms with Gasteiger partial charge < -0.3 is 5.32 Å². The predicted octanol–water partition coefficient (Wildman–Crippen LogP) is 4.03. The first-order chi connectivity index (χ1) is 8.22. The minimum Gasteiger partial charge on any atom is -0.369 e. The van der Waals surface area contributed by atoms with E-state index in [0.29, 0.717) is 5.92 Å². The summed E-state index contributed by atoms with van der Waals surface area (Å²) in [4.78, 5) is 9.31. The highest BCUT2D eigenvalue weighted by Crippen LogP contribution is 2.34. The number of anilines is 1. The molecule has 1 fully saturated rings. The SMILES string of the molecule is CCCNc1nc(C2CCCC2)nc(C)c1Br. The van der Waals surface area contributed by atoms with Gasteiger partial charge in [-0.15, -0.1) is 0 Å². The van der Waals surface area contributed by atoms with Crippen molar-refractivity contribution in [1.29, 1.82) is 0 Å². The minimum atomic E-state index is 0.573. The topological polar surface area (TPSA) is 37.8 Å². The second kappa shape index (κ2) is 5.80. The number of halogens is 1. The molecule has 0 spiro atoms. The fourth-order valence-corrected chi connectivity index (χ4v) is 2.63. The summed E-state index contributed by atoms with van der Waals surface area (Å²) < 4.78 is 1.01. The van der Waals surface area contributed by atoms with Gasteiger partial charge in [-0.05, 0) is 42.1 Å². The molecule has 1 N–H and O–H groups in total. The van der Waals surface area contributed by atoms with Gasteiger partial charge in [0.25, 0.3) is 0 Å². The zero-order valence-corrected chi connectivity index (χ0v) is 12.2. The lowest BCUT2D eigenvalue weighted by Gasteiger charge is -2.13. The summed E-state index contributed by atoms with van der Waals surface area (Å²) in [6, 6.07) is 0. The highest BCUT2D eigenvalue weighted by molar-refractivity contribution is 9.10. The van der Waals surface area contributed by atoms with Crippen LogP contribution in [0.2, 0.25) is 0 Å². The number of nitrogens with zero attached hydrogens (tertiary/aromatic N) is 2. The Morgan fingerprint density at radius 2 is 2.00 bits per heavy atom. The smallest absolute Gasteiger partial charge is 0.144 e. The van der Waals surface area contributed by atoms with E-state index in [1.54, 1.807) is 0 Å². The number of rotatable bonds is 4. The number of hydrogen-bond acceptors (Lipinski definition) is 3. The molecule has 1 aliphatic rings. The Labute approximate surface area is 112 Å². The van der Waals surface area contributed by atoms with Gasteiger partial charge in [0, 0.05) is 12.5 Å². The molecule has 1 saturated carbocycles. The zero-order valence-electron chi connectivity index (χ0n) is 10.6. The average molecular weight is 298 g/mol. The Bertz CT molecular complexity index is 386. The first-order valence-corrected chi connectivity index (χ1v) is 7.29. The summed E-state index contributed by atoms with van der Waals surface area (Å²) in [5, 5.41) is 3.37. The maximum atomic E-state index is 4.68. The van der Waals surface area contributed by atoms with Gasteiger partial charge in [-0.2, -0.15) is 0 Å². The van der Waals surface area contributed by atoms with Crippen LogP contribution >= 0.6 is 15.9 Å². The number of hydrogen-bond donors (Lipinski definition) is 1. The van der Waals surface area contributed by atoms with Crippen molar-refractivity contribution in [2.75, 3.05) is 11.9 Å². The molecular weight excluding hydrogens is 278 g/mol. The van der Waals surface area contributed by atoms with Gasteiger partial charge in [0.05, 0.1) is 10.2 Å². The van der Waals surface area contributed by atoms with E-state index in [2.05, 4.69) is 38.1 Å². The van der Waals surface area contributed by atoms with E-state index in [1.807, 2.05) is 6.92 Å². The molecule has 0 unspecified atom stereocenters. The summed E-state index contributed by atoms with van der Waals surface area (Å²) in [7, 11) is 0. The van der Waals surface area contributed by atoms with Gasteiger partial charge in [-0.3, -0.25) is 0 Å². The molecule has 1 aliphatic carbocycles. The third kappa shape index (κ3) is 2.97. The van der Waals surface area contributed by atoms with Crippen molar-refractivity contribution in [3.05, 3.63) is 16.0 Å². The average Bonchev–Trinajstić information content (AvgIpc) is 2.84. The highest BCUT2D eigenvalue weighted by atomic mass is 79.9. The van der Waals surface area contributed by atoms with Gasteiger partial charge in [0.1, 0.15) is 11.6 Å². The molecule has 1 aromatic heterocycles. The Morgan fingerprint density at radius 3 is 2.65 bits per heavy atom. The highest BCUT2D eigenvalue weighted by Gasteiger charge is 2.21. The van der Waals surface area contributed by atoms with E-state index < -0.39 is 0 Å². The second-order valence-electron chi connectivity index (χ2n) is 4.74. The van der Waals surface area contributed by atoms with Gasteiger partial charge in [0.15, 0.2) is 0 Å². The van der Waals surface area contributed by atoms with Crippen molar-refractivity contribution >= 4 is 21.7 Å². The van der Waals surface area contributed by atoms with Gasteiger partial charge in [-0.1, -0.05) is 19.8 Å². The largest absolute Gasteiger partial charge is 0.369 e. The van der Waals surface area contributed by atoms with Crippen molar-refractivity contribution in [3.8, 4) is 0 Å². The van der Waals surface area contributed by atoms with E-state index in [9.17, 15) is 0 Å². The van der Waals surface area contributed by atoms with Crippen LogP contribution in [0.25, 0.3) is 0 Å². The molecule has 0 saturated heterocycles. The number of aromatic nitrogens is 2. The lowest BCUT2D eigenvalue weighted by Crippen LogP contribution is -2.09. The van der Waals surface area contributed by atoms with E-state index in [1.165, 1.54) is 25.7 Å². The molecule has 4 heteroatoms. The summed E-state index contributed by atoms with van der Waals surface area (Å²) in [6.45, 7) is 5.16. The fraction of sp³-hybridized carbons (Fsp3) is 0.692. The maximum Gasteiger partial charge on any atom is 0.144 e. The lowest BCUT2D eigenvalue weighted by atomic mass is 10.1. The Morgan fingerprint density at radius 1 is 1.29 bits per heavy atom. The van der Waals surface area contributed by atoms with Crippen LogP contribution in [0.5, 0.6) is 0 Å². The quantitative estimate of drug-likeness (QED) is 0.912. The monoisotopic (exact) mass is 297 g/mol. The number of aryl methyl sites for hydroxylation is 1. The van der Waals surface area contributed by atoms with E-state index in [-0.39, 0.29) is 0 Å². The van der Waals surface area contributed by atoms with Gasteiger partial charge >= 0.3 is 0 Å². The predicted molar refractivity (Wildman–Crippen MR) is 74.5 cm³/mol. The number of nitrogens with one attached hydrogen (secondary N) is 1. The summed E-state index contributed by atoms with van der Waals surface area (Å²) in [5.41, 5.74) is 1.04. The first kappa shape index (κ1) is 12.8. The standard InChI is InChI=1S/C13H20BrN3/c1-3-8-15-13-11(14)9(2)16-12(17-13)10-6-4-5-7-10/h10H,3-8H2,1-2H3,(H,15,16,17). The first-order valence-electron chi connectivity index (χ1n) is 6.50. The molecule has 2 rings (SSSR count). The summed E-state index contributed by atoms with van der Waals surface area (Å²) in [6.07, 6.45) is 6.23. The van der Waals surface area contributed by atoms with E-state index >= 15 is 0 Å². The minimum absolute atomic E-state index is 0.573. The summed E-state index contributed by atoms with van der Waals surface area (Å²) >= 11 is 3.57. The van der Waals surface area contributed by atoms with Crippen LogP contribution in [-0.4, -0.2) is 16.5 Å². The van der Waals surface area contributed by atoms with Crippen LogP contribution < -0.4 is 5.32 Å². The van der Waals surface area contributed by atoms with Crippen LogP contribution in [-0.2, 0) is 0 Å². The lowest BCUT2D eigenvalue weighted by molar-refractivity contribution is 0.663. The van der Waals surface area contributed by atoms with E-state index in [0.717, 1.165) is 34.8 Å². The maximum absolute atomic E-state index is 4.68. The molecule has 0 bridgehead atoms. The fourth-order valence-electron chi connectivity index (χ4n) is 2.31. The Balaban J connectivity index is 2.24. The molecule has 0 amide bonds. The molecule has 1 aromatic rings. The molecule has 0 radical (unpaired) electrons. The normalized spacial score (nSPS) is 16.4. The van der Waals surface area contributed by atoms with Crippen molar-refractivity contribution in [2.45, 2.75) is 51.9 Å². The Kier molecular flexibility index (Phi) is 4.37. The molecular formula is C13H20BrN3. The van der Waals surface area contributed by atoms with Crippen LogP contribution in [0, 0.1) is 6.92 Å². The van der Waals surface area contributed by atoms with Crippen molar-refractivity contribution in [3.63, 3.8) is 0 Å². The zero-order chi connectivity index (χ0) is 12.3. The van der Waals surface area contributed by atoms with Gasteiger partial charge in [0.2, 0.25) is 0 Å². The summed E-state index contributed by atoms with van der Waals surface area (Å²) in [5.74, 6) is 2.56. The van der Waals surface area contributed by atoms with Crippen LogP contribution in [0.3, 0.4) is 0 Å². The molecule has 0 atom stereocenters.